The van der Waals surface area contributed by atoms with Gasteiger partial charge in [0.15, 0.2) is 5.82 Å². The van der Waals surface area contributed by atoms with E-state index in [1.54, 1.807) is 24.3 Å². The van der Waals surface area contributed by atoms with Crippen molar-refractivity contribution >= 4 is 33.3 Å². The summed E-state index contributed by atoms with van der Waals surface area (Å²) in [5.74, 6) is 1.48. The lowest BCUT2D eigenvalue weighted by Gasteiger charge is -2.34. The average molecular weight is 472 g/mol. The van der Waals surface area contributed by atoms with Gasteiger partial charge in [-0.1, -0.05) is 18.1 Å². The molecule has 2 aromatic heterocycles. The first-order chi connectivity index (χ1) is 17.0. The van der Waals surface area contributed by atoms with Crippen molar-refractivity contribution in [3.63, 3.8) is 0 Å². The normalized spacial score (nSPS) is 19.3. The first-order valence-electron chi connectivity index (χ1n) is 11.4. The standard InChI is InChI=1S/C26H22F2N6O/c1-3-13-5-4-6-14-9-19(29)31-24(20(13)14)21-18(27)10-17-23(22(21)28)32-26(35-2)33-25(17)34-11-15-7-8-16(12-34)30-15/h1,4-6,9-10,15-16,30H,7-8,11-12H2,2H3,(H2,29,31). The highest BCUT2D eigenvalue weighted by Gasteiger charge is 2.34. The smallest absolute Gasteiger partial charge is 0.318 e. The fourth-order valence-electron chi connectivity index (χ4n) is 5.31. The summed E-state index contributed by atoms with van der Waals surface area (Å²) in [6.07, 6.45) is 7.80. The fourth-order valence-corrected chi connectivity index (χ4v) is 5.31. The minimum atomic E-state index is -0.869. The van der Waals surface area contributed by atoms with Crippen molar-refractivity contribution in [3.05, 3.63) is 47.5 Å². The van der Waals surface area contributed by atoms with Gasteiger partial charge in [-0.3, -0.25) is 0 Å². The molecule has 2 atom stereocenters. The quantitative estimate of drug-likeness (QED) is 0.440. The Balaban J connectivity index is 1.63. The lowest BCUT2D eigenvalue weighted by Crippen LogP contribution is -2.51. The summed E-state index contributed by atoms with van der Waals surface area (Å²) in [5.41, 5.74) is 6.10. The summed E-state index contributed by atoms with van der Waals surface area (Å²) in [5, 5.41) is 4.91. The highest BCUT2D eigenvalue weighted by Crippen LogP contribution is 2.39. The van der Waals surface area contributed by atoms with Crippen molar-refractivity contribution in [3.8, 4) is 29.6 Å². The number of nitrogens with one attached hydrogen (secondary N) is 1. The second-order valence-electron chi connectivity index (χ2n) is 8.96. The van der Waals surface area contributed by atoms with Gasteiger partial charge < -0.3 is 20.7 Å². The number of methoxy groups -OCH3 is 1. The van der Waals surface area contributed by atoms with Crippen LogP contribution in [0.3, 0.4) is 0 Å². The van der Waals surface area contributed by atoms with Gasteiger partial charge in [0.1, 0.15) is 23.0 Å². The summed E-state index contributed by atoms with van der Waals surface area (Å²) < 4.78 is 37.3. The molecule has 4 aromatic rings. The first-order valence-corrected chi connectivity index (χ1v) is 11.4. The summed E-state index contributed by atoms with van der Waals surface area (Å²) in [4.78, 5) is 15.1. The monoisotopic (exact) mass is 472 g/mol. The van der Waals surface area contributed by atoms with Crippen molar-refractivity contribution in [2.45, 2.75) is 24.9 Å². The third kappa shape index (κ3) is 3.41. The number of benzene rings is 2. The molecule has 2 fully saturated rings. The van der Waals surface area contributed by atoms with Gasteiger partial charge in [-0.15, -0.1) is 6.42 Å². The number of pyridine rings is 1. The van der Waals surface area contributed by atoms with Gasteiger partial charge in [0.2, 0.25) is 0 Å². The van der Waals surface area contributed by atoms with Gasteiger partial charge in [0.05, 0.1) is 18.4 Å². The van der Waals surface area contributed by atoms with Crippen LogP contribution in [0.1, 0.15) is 18.4 Å². The Bertz CT molecular complexity index is 1540. The molecule has 2 bridgehead atoms. The minimum Gasteiger partial charge on any atom is -0.467 e. The molecule has 2 aliphatic heterocycles. The number of anilines is 2. The second kappa shape index (κ2) is 8.03. The van der Waals surface area contributed by atoms with Crippen LogP contribution in [-0.4, -0.2) is 47.2 Å². The SMILES string of the molecule is C#Cc1cccc2cc(N)nc(-c3c(F)cc4c(N5CC6CCC(C5)N6)nc(OC)nc4c3F)c12. The van der Waals surface area contributed by atoms with Crippen LogP contribution in [-0.2, 0) is 0 Å². The third-order valence-electron chi connectivity index (χ3n) is 6.81. The van der Waals surface area contributed by atoms with Crippen LogP contribution < -0.4 is 20.7 Å². The largest absolute Gasteiger partial charge is 0.467 e. The van der Waals surface area contributed by atoms with Crippen molar-refractivity contribution in [1.82, 2.24) is 20.3 Å². The van der Waals surface area contributed by atoms with E-state index in [4.69, 9.17) is 16.9 Å². The van der Waals surface area contributed by atoms with E-state index in [2.05, 4.69) is 31.1 Å². The van der Waals surface area contributed by atoms with Crippen molar-refractivity contribution in [2.24, 2.45) is 0 Å². The molecule has 2 aliphatic rings. The van der Waals surface area contributed by atoms with Crippen LogP contribution >= 0.6 is 0 Å². The molecule has 0 saturated carbocycles. The third-order valence-corrected chi connectivity index (χ3v) is 6.81. The molecule has 3 N–H and O–H groups in total. The molecule has 9 heteroatoms. The van der Waals surface area contributed by atoms with E-state index >= 15 is 8.78 Å². The van der Waals surface area contributed by atoms with Crippen LogP contribution in [0.2, 0.25) is 0 Å². The van der Waals surface area contributed by atoms with E-state index in [9.17, 15) is 0 Å². The predicted octanol–water partition coefficient (Wildman–Crippen LogP) is 3.64. The highest BCUT2D eigenvalue weighted by atomic mass is 19.1. The van der Waals surface area contributed by atoms with Gasteiger partial charge in [-0.05, 0) is 36.4 Å². The molecule has 176 valence electrons. The summed E-state index contributed by atoms with van der Waals surface area (Å²) in [6.45, 7) is 1.37. The van der Waals surface area contributed by atoms with Crippen molar-refractivity contribution < 1.29 is 13.5 Å². The molecule has 4 heterocycles. The maximum atomic E-state index is 16.2. The van der Waals surface area contributed by atoms with Crippen molar-refractivity contribution in [1.29, 1.82) is 0 Å². The first kappa shape index (κ1) is 21.5. The van der Waals surface area contributed by atoms with E-state index in [0.29, 0.717) is 47.3 Å². The zero-order chi connectivity index (χ0) is 24.3. The Morgan fingerprint density at radius 2 is 1.91 bits per heavy atom. The van der Waals surface area contributed by atoms with Gasteiger partial charge in [-0.25, -0.2) is 13.8 Å². The van der Waals surface area contributed by atoms with E-state index in [1.165, 1.54) is 13.2 Å². The number of aromatic nitrogens is 3. The number of halogens is 2. The van der Waals surface area contributed by atoms with E-state index in [-0.39, 0.29) is 34.0 Å². The number of fused-ring (bicyclic) bond motifs is 4. The molecule has 2 aromatic carbocycles. The number of piperazine rings is 1. The molecule has 0 aliphatic carbocycles. The summed E-state index contributed by atoms with van der Waals surface area (Å²) >= 11 is 0. The van der Waals surface area contributed by atoms with Gasteiger partial charge in [0, 0.05) is 41.5 Å². The number of ether oxygens (including phenoxy) is 1. The van der Waals surface area contributed by atoms with Gasteiger partial charge >= 0.3 is 6.01 Å². The Kier molecular flexibility index (Phi) is 4.93. The van der Waals surface area contributed by atoms with Crippen LogP contribution in [0.4, 0.5) is 20.4 Å². The Morgan fingerprint density at radius 1 is 1.14 bits per heavy atom. The zero-order valence-electron chi connectivity index (χ0n) is 19.0. The van der Waals surface area contributed by atoms with Crippen LogP contribution in [0.25, 0.3) is 32.9 Å². The molecule has 7 nitrogen and oxygen atoms in total. The lowest BCUT2D eigenvalue weighted by molar-refractivity contribution is 0.380. The Labute approximate surface area is 200 Å². The van der Waals surface area contributed by atoms with E-state index in [1.807, 2.05) is 0 Å². The molecule has 0 spiro atoms. The van der Waals surface area contributed by atoms with E-state index in [0.717, 1.165) is 12.8 Å². The van der Waals surface area contributed by atoms with Gasteiger partial charge in [0.25, 0.3) is 0 Å². The minimum absolute atomic E-state index is 0.00421. The maximum absolute atomic E-state index is 16.2. The molecule has 0 radical (unpaired) electrons. The number of rotatable bonds is 3. The van der Waals surface area contributed by atoms with Gasteiger partial charge in [-0.2, -0.15) is 9.97 Å². The number of nitrogen functional groups attached to an aromatic ring is 1. The summed E-state index contributed by atoms with van der Waals surface area (Å²) in [7, 11) is 1.42. The molecule has 35 heavy (non-hydrogen) atoms. The number of hydrogen-bond donors (Lipinski definition) is 2. The molecule has 6 rings (SSSR count). The van der Waals surface area contributed by atoms with Crippen LogP contribution in [0.5, 0.6) is 6.01 Å². The zero-order valence-corrected chi connectivity index (χ0v) is 19.0. The van der Waals surface area contributed by atoms with E-state index < -0.39 is 11.6 Å². The number of hydrogen-bond acceptors (Lipinski definition) is 7. The predicted molar refractivity (Wildman–Crippen MR) is 131 cm³/mol. The number of nitrogens with zero attached hydrogens (tertiary/aromatic N) is 4. The maximum Gasteiger partial charge on any atom is 0.318 e. The second-order valence-corrected chi connectivity index (χ2v) is 8.96. The number of terminal acetylenes is 1. The Hall–Kier alpha value is -4.03. The fraction of sp³-hybridized carbons (Fsp3) is 0.269. The number of nitrogens with two attached hydrogens (primary N) is 1. The topological polar surface area (TPSA) is 89.2 Å². The molecular weight excluding hydrogens is 450 g/mol. The summed E-state index contributed by atoms with van der Waals surface area (Å²) in [6, 6.07) is 8.75. The lowest BCUT2D eigenvalue weighted by atomic mass is 9.97. The molecule has 2 unspecified atom stereocenters. The Morgan fingerprint density at radius 3 is 2.63 bits per heavy atom. The highest BCUT2D eigenvalue weighted by molar-refractivity contribution is 6.02. The molecule has 2 saturated heterocycles. The average Bonchev–Trinajstić information content (AvgIpc) is 3.20. The molecule has 0 amide bonds. The van der Waals surface area contributed by atoms with Crippen LogP contribution in [0, 0.1) is 24.0 Å². The van der Waals surface area contributed by atoms with Crippen molar-refractivity contribution in [2.75, 3.05) is 30.8 Å². The molecular formula is C26H22F2N6O. The van der Waals surface area contributed by atoms with Crippen LogP contribution in [0.15, 0.2) is 30.3 Å².